The van der Waals surface area contributed by atoms with Gasteiger partial charge in [-0.25, -0.2) is 9.59 Å². The Morgan fingerprint density at radius 2 is 1.69 bits per heavy atom. The molecule has 0 unspecified atom stereocenters. The molecular formula is C17H32N4O5. The number of hydrogen-bond donors (Lipinski definition) is 5. The largest absolute Gasteiger partial charge is 0.480 e. The molecule has 6 N–H and O–H groups in total. The Balaban J connectivity index is 4.64. The Hall–Kier alpha value is -2.32. The molecule has 0 aromatic heterocycles. The van der Waals surface area contributed by atoms with Crippen molar-refractivity contribution in [1.82, 2.24) is 16.0 Å². The molecule has 0 aromatic carbocycles. The molecule has 0 aliphatic rings. The highest BCUT2D eigenvalue weighted by Gasteiger charge is 2.28. The molecule has 150 valence electrons. The molecule has 0 saturated heterocycles. The predicted octanol–water partition coefficient (Wildman–Crippen LogP) is 0.725. The number of carbonyl (C=O) groups is 4. The average Bonchev–Trinajstić information content (AvgIpc) is 2.54. The zero-order valence-corrected chi connectivity index (χ0v) is 15.8. The van der Waals surface area contributed by atoms with Gasteiger partial charge in [0.05, 0.1) is 0 Å². The molecule has 0 heterocycles. The number of carboxylic acids is 1. The Kier molecular flexibility index (Phi) is 11.8. The van der Waals surface area contributed by atoms with Gasteiger partial charge in [-0.3, -0.25) is 9.59 Å². The van der Waals surface area contributed by atoms with E-state index in [1.807, 2.05) is 6.92 Å². The Morgan fingerprint density at radius 3 is 2.19 bits per heavy atom. The van der Waals surface area contributed by atoms with E-state index in [0.29, 0.717) is 12.8 Å². The first kappa shape index (κ1) is 23.7. The van der Waals surface area contributed by atoms with E-state index in [1.165, 1.54) is 0 Å². The third kappa shape index (κ3) is 10.5. The number of rotatable bonds is 13. The van der Waals surface area contributed by atoms with Gasteiger partial charge in [0.2, 0.25) is 11.8 Å². The van der Waals surface area contributed by atoms with Crippen LogP contribution in [0.1, 0.15) is 59.3 Å². The summed E-state index contributed by atoms with van der Waals surface area (Å²) in [7, 11) is 0. The van der Waals surface area contributed by atoms with Crippen LogP contribution in [-0.4, -0.2) is 47.5 Å². The van der Waals surface area contributed by atoms with Crippen LogP contribution in [0.4, 0.5) is 4.79 Å². The number of nitrogens with two attached hydrogens (primary N) is 1. The number of urea groups is 1. The normalized spacial score (nSPS) is 12.9. The molecule has 9 nitrogen and oxygen atoms in total. The van der Waals surface area contributed by atoms with Crippen LogP contribution in [0.25, 0.3) is 0 Å². The molecule has 2 atom stereocenters. The SMILES string of the molecule is CCCCCC(=O)N[C@H](C(=O)N[C@@H](CCCNC(N)=O)C(=O)O)C(C)C. The van der Waals surface area contributed by atoms with Gasteiger partial charge in [-0.1, -0.05) is 33.6 Å². The number of nitrogens with one attached hydrogen (secondary N) is 3. The topological polar surface area (TPSA) is 151 Å². The number of unbranched alkanes of at least 4 members (excludes halogenated alkanes) is 2. The lowest BCUT2D eigenvalue weighted by Crippen LogP contribution is -2.53. The van der Waals surface area contributed by atoms with Crippen molar-refractivity contribution in [1.29, 1.82) is 0 Å². The van der Waals surface area contributed by atoms with E-state index in [0.717, 1.165) is 19.3 Å². The van der Waals surface area contributed by atoms with Gasteiger partial charge in [0.25, 0.3) is 0 Å². The second-order valence-electron chi connectivity index (χ2n) is 6.58. The van der Waals surface area contributed by atoms with Crippen LogP contribution in [0.2, 0.25) is 0 Å². The number of carbonyl (C=O) groups excluding carboxylic acids is 3. The fourth-order valence-corrected chi connectivity index (χ4v) is 2.35. The standard InChI is InChI=1S/C17H32N4O5/c1-4-5-6-9-13(22)21-14(11(2)3)15(23)20-12(16(24)25)8-7-10-19-17(18)26/h11-12,14H,4-10H2,1-3H3,(H,20,23)(H,21,22)(H,24,25)(H3,18,19,26)/t12-,14-/m0/s1. The van der Waals surface area contributed by atoms with Gasteiger partial charge < -0.3 is 26.8 Å². The number of hydrogen-bond acceptors (Lipinski definition) is 4. The van der Waals surface area contributed by atoms with E-state index in [4.69, 9.17) is 5.73 Å². The molecule has 9 heteroatoms. The maximum atomic E-state index is 12.4. The monoisotopic (exact) mass is 372 g/mol. The maximum absolute atomic E-state index is 12.4. The fraction of sp³-hybridized carbons (Fsp3) is 0.765. The molecule has 0 radical (unpaired) electrons. The van der Waals surface area contributed by atoms with Crippen molar-refractivity contribution in [3.63, 3.8) is 0 Å². The molecule has 0 fully saturated rings. The van der Waals surface area contributed by atoms with Gasteiger partial charge in [-0.2, -0.15) is 0 Å². The lowest BCUT2D eigenvalue weighted by atomic mass is 10.0. The minimum Gasteiger partial charge on any atom is -0.480 e. The molecule has 0 spiro atoms. The van der Waals surface area contributed by atoms with E-state index in [9.17, 15) is 24.3 Å². The Labute approximate surface area is 154 Å². The van der Waals surface area contributed by atoms with E-state index in [1.54, 1.807) is 13.8 Å². The maximum Gasteiger partial charge on any atom is 0.326 e. The van der Waals surface area contributed by atoms with E-state index >= 15 is 0 Å². The van der Waals surface area contributed by atoms with Crippen LogP contribution in [0.3, 0.4) is 0 Å². The van der Waals surface area contributed by atoms with E-state index in [2.05, 4.69) is 16.0 Å². The zero-order valence-electron chi connectivity index (χ0n) is 15.8. The molecule has 0 aromatic rings. The molecule has 0 aliphatic heterocycles. The second-order valence-corrected chi connectivity index (χ2v) is 6.58. The smallest absolute Gasteiger partial charge is 0.326 e. The number of primary amides is 1. The van der Waals surface area contributed by atoms with E-state index in [-0.39, 0.29) is 24.8 Å². The Morgan fingerprint density at radius 1 is 1.04 bits per heavy atom. The molecule has 0 aliphatic carbocycles. The highest BCUT2D eigenvalue weighted by molar-refractivity contribution is 5.90. The van der Waals surface area contributed by atoms with Gasteiger partial charge in [-0.05, 0) is 25.2 Å². The van der Waals surface area contributed by atoms with Crippen LogP contribution < -0.4 is 21.7 Å². The first-order chi connectivity index (χ1) is 12.2. The zero-order chi connectivity index (χ0) is 20.1. The first-order valence-corrected chi connectivity index (χ1v) is 9.04. The van der Waals surface area contributed by atoms with Crippen molar-refractivity contribution in [3.8, 4) is 0 Å². The van der Waals surface area contributed by atoms with Crippen LogP contribution in [0.5, 0.6) is 0 Å². The third-order valence-electron chi connectivity index (χ3n) is 3.86. The highest BCUT2D eigenvalue weighted by atomic mass is 16.4. The van der Waals surface area contributed by atoms with E-state index < -0.39 is 30.0 Å². The first-order valence-electron chi connectivity index (χ1n) is 9.04. The second kappa shape index (κ2) is 13.0. The van der Waals surface area contributed by atoms with Crippen molar-refractivity contribution in [2.24, 2.45) is 11.7 Å². The summed E-state index contributed by atoms with van der Waals surface area (Å²) in [6.07, 6.45) is 3.50. The van der Waals surface area contributed by atoms with Crippen LogP contribution in [-0.2, 0) is 14.4 Å². The summed E-state index contributed by atoms with van der Waals surface area (Å²) < 4.78 is 0. The van der Waals surface area contributed by atoms with Gasteiger partial charge in [0, 0.05) is 13.0 Å². The van der Waals surface area contributed by atoms with Crippen LogP contribution in [0, 0.1) is 5.92 Å². The lowest BCUT2D eigenvalue weighted by Gasteiger charge is -2.24. The summed E-state index contributed by atoms with van der Waals surface area (Å²) in [4.78, 5) is 46.3. The van der Waals surface area contributed by atoms with Gasteiger partial charge in [-0.15, -0.1) is 0 Å². The summed E-state index contributed by atoms with van der Waals surface area (Å²) in [6.45, 7) is 5.82. The number of amides is 4. The number of aliphatic carboxylic acids is 1. The summed E-state index contributed by atoms with van der Waals surface area (Å²) in [6, 6.07) is -2.59. The average molecular weight is 372 g/mol. The molecule has 0 saturated carbocycles. The van der Waals surface area contributed by atoms with Crippen molar-refractivity contribution >= 4 is 23.8 Å². The van der Waals surface area contributed by atoms with Gasteiger partial charge >= 0.3 is 12.0 Å². The molecule has 0 bridgehead atoms. The van der Waals surface area contributed by atoms with Crippen LogP contribution >= 0.6 is 0 Å². The summed E-state index contributed by atoms with van der Waals surface area (Å²) in [5, 5.41) is 16.8. The molecule has 26 heavy (non-hydrogen) atoms. The molecule has 4 amide bonds. The van der Waals surface area contributed by atoms with Crippen LogP contribution in [0.15, 0.2) is 0 Å². The minimum absolute atomic E-state index is 0.136. The van der Waals surface area contributed by atoms with Crippen molar-refractivity contribution in [3.05, 3.63) is 0 Å². The quantitative estimate of drug-likeness (QED) is 0.302. The summed E-state index contributed by atoms with van der Waals surface area (Å²) in [5.41, 5.74) is 4.94. The van der Waals surface area contributed by atoms with Crippen molar-refractivity contribution in [2.45, 2.75) is 71.4 Å². The van der Waals surface area contributed by atoms with Crippen molar-refractivity contribution in [2.75, 3.05) is 6.54 Å². The summed E-state index contributed by atoms with van der Waals surface area (Å²) >= 11 is 0. The Bertz CT molecular complexity index is 482. The molecule has 0 rings (SSSR count). The lowest BCUT2D eigenvalue weighted by molar-refractivity contribution is -0.142. The predicted molar refractivity (Wildman–Crippen MR) is 97.3 cm³/mol. The summed E-state index contributed by atoms with van der Waals surface area (Å²) in [5.74, 6) is -2.10. The fourth-order valence-electron chi connectivity index (χ4n) is 2.35. The third-order valence-corrected chi connectivity index (χ3v) is 3.86. The van der Waals surface area contributed by atoms with Crippen molar-refractivity contribution < 1.29 is 24.3 Å². The minimum atomic E-state index is -1.17. The highest BCUT2D eigenvalue weighted by Crippen LogP contribution is 2.06. The number of carboxylic acid groups (broad SMARTS) is 1. The van der Waals surface area contributed by atoms with Gasteiger partial charge in [0.1, 0.15) is 12.1 Å². The van der Waals surface area contributed by atoms with Gasteiger partial charge in [0.15, 0.2) is 0 Å². The molecular weight excluding hydrogens is 340 g/mol.